The second kappa shape index (κ2) is 9.93. The van der Waals surface area contributed by atoms with Gasteiger partial charge in [-0.3, -0.25) is 0 Å². The Bertz CT molecular complexity index is 933. The van der Waals surface area contributed by atoms with Gasteiger partial charge in [0.1, 0.15) is 18.1 Å². The lowest BCUT2D eigenvalue weighted by Crippen LogP contribution is -2.32. The maximum atomic E-state index is 12.1. The quantitative estimate of drug-likeness (QED) is 0.569. The average molecular weight is 394 g/mol. The Balaban J connectivity index is 1.44. The number of amides is 2. The van der Waals surface area contributed by atoms with Crippen molar-refractivity contribution >= 4 is 11.7 Å². The number of ether oxygens (including phenoxy) is 3. The molecule has 0 saturated carbocycles. The molecule has 3 rings (SSSR count). The van der Waals surface area contributed by atoms with E-state index >= 15 is 0 Å². The minimum atomic E-state index is -0.373. The molecule has 3 aromatic rings. The minimum absolute atomic E-state index is 0.256. The van der Waals surface area contributed by atoms with Crippen molar-refractivity contribution in [3.63, 3.8) is 0 Å². The smallest absolute Gasteiger partial charge is 0.319 e. The van der Waals surface area contributed by atoms with Gasteiger partial charge < -0.3 is 24.8 Å². The van der Waals surface area contributed by atoms with E-state index in [4.69, 9.17) is 14.2 Å². The van der Waals surface area contributed by atoms with Crippen LogP contribution in [0.4, 0.5) is 10.5 Å². The molecule has 0 aliphatic rings. The molecule has 0 atom stereocenters. The molecule has 0 bridgehead atoms. The highest BCUT2D eigenvalue weighted by Crippen LogP contribution is 2.28. The van der Waals surface area contributed by atoms with Gasteiger partial charge in [-0.2, -0.15) is 0 Å². The zero-order valence-electron chi connectivity index (χ0n) is 16.2. The van der Waals surface area contributed by atoms with E-state index in [0.29, 0.717) is 29.6 Å². The number of aromatic nitrogens is 2. The highest BCUT2D eigenvalue weighted by molar-refractivity contribution is 5.91. The third-order valence-corrected chi connectivity index (χ3v) is 4.00. The van der Waals surface area contributed by atoms with E-state index < -0.39 is 0 Å². The van der Waals surface area contributed by atoms with Gasteiger partial charge in [-0.1, -0.05) is 30.3 Å². The van der Waals surface area contributed by atoms with Crippen LogP contribution in [-0.2, 0) is 0 Å². The van der Waals surface area contributed by atoms with E-state index in [-0.39, 0.29) is 12.6 Å². The first kappa shape index (κ1) is 19.9. The largest absolute Gasteiger partial charge is 0.497 e. The molecule has 0 fully saturated rings. The lowest BCUT2D eigenvalue weighted by molar-refractivity contribution is 0.246. The van der Waals surface area contributed by atoms with E-state index in [1.807, 2.05) is 36.4 Å². The number of carbonyl (C=O) groups is 1. The van der Waals surface area contributed by atoms with Crippen molar-refractivity contribution in [2.75, 3.05) is 32.7 Å². The molecule has 2 amide bonds. The summed E-state index contributed by atoms with van der Waals surface area (Å²) in [5.74, 6) is 1.54. The Hall–Kier alpha value is -3.81. The first-order chi connectivity index (χ1) is 14.2. The number of rotatable bonds is 8. The molecule has 2 aromatic carbocycles. The van der Waals surface area contributed by atoms with Gasteiger partial charge in [0.15, 0.2) is 0 Å². The van der Waals surface area contributed by atoms with Gasteiger partial charge in [-0.15, -0.1) is 10.2 Å². The van der Waals surface area contributed by atoms with E-state index in [2.05, 4.69) is 20.8 Å². The Morgan fingerprint density at radius 3 is 2.48 bits per heavy atom. The summed E-state index contributed by atoms with van der Waals surface area (Å²) in [5, 5.41) is 13.6. The maximum Gasteiger partial charge on any atom is 0.319 e. The zero-order chi connectivity index (χ0) is 20.5. The van der Waals surface area contributed by atoms with Crippen molar-refractivity contribution in [3.8, 4) is 28.6 Å². The molecule has 0 aliphatic carbocycles. The van der Waals surface area contributed by atoms with Crippen molar-refractivity contribution < 1.29 is 19.0 Å². The molecule has 1 heterocycles. The highest BCUT2D eigenvalue weighted by atomic mass is 16.5. The standard InChI is InChI=1S/C21H22N4O4/c1-27-16-8-9-18(19(14-16)28-2)23-21(26)22-12-13-29-20-11-10-17(24-25-20)15-6-4-3-5-7-15/h3-11,14H,12-13H2,1-2H3,(H2,22,23,26). The molecule has 8 nitrogen and oxygen atoms in total. The fourth-order valence-electron chi connectivity index (χ4n) is 2.55. The number of carbonyl (C=O) groups excluding carboxylic acids is 1. The summed E-state index contributed by atoms with van der Waals surface area (Å²) in [4.78, 5) is 12.1. The van der Waals surface area contributed by atoms with Crippen molar-refractivity contribution in [1.29, 1.82) is 0 Å². The average Bonchev–Trinajstić information content (AvgIpc) is 2.78. The van der Waals surface area contributed by atoms with Crippen LogP contribution in [-0.4, -0.2) is 43.6 Å². The molecule has 2 N–H and O–H groups in total. The van der Waals surface area contributed by atoms with Crippen LogP contribution >= 0.6 is 0 Å². The summed E-state index contributed by atoms with van der Waals surface area (Å²) in [7, 11) is 3.09. The lowest BCUT2D eigenvalue weighted by Gasteiger charge is -2.12. The Kier molecular flexibility index (Phi) is 6.83. The van der Waals surface area contributed by atoms with Crippen LogP contribution in [0.2, 0.25) is 0 Å². The summed E-state index contributed by atoms with van der Waals surface area (Å²) in [6.07, 6.45) is 0. The topological polar surface area (TPSA) is 94.6 Å². The maximum absolute atomic E-state index is 12.1. The van der Waals surface area contributed by atoms with Crippen molar-refractivity contribution in [2.24, 2.45) is 0 Å². The number of hydrogen-bond donors (Lipinski definition) is 2. The van der Waals surface area contributed by atoms with Crippen molar-refractivity contribution in [1.82, 2.24) is 15.5 Å². The number of nitrogens with zero attached hydrogens (tertiary/aromatic N) is 2. The van der Waals surface area contributed by atoms with E-state index in [1.54, 1.807) is 31.4 Å². The molecular formula is C21H22N4O4. The number of methoxy groups -OCH3 is 2. The molecule has 0 saturated heterocycles. The van der Waals surface area contributed by atoms with Crippen LogP contribution in [0.25, 0.3) is 11.3 Å². The molecule has 0 radical (unpaired) electrons. The first-order valence-corrected chi connectivity index (χ1v) is 8.98. The summed E-state index contributed by atoms with van der Waals surface area (Å²) in [6.45, 7) is 0.555. The lowest BCUT2D eigenvalue weighted by atomic mass is 10.1. The molecule has 8 heteroatoms. The van der Waals surface area contributed by atoms with Gasteiger partial charge in [0.05, 0.1) is 32.1 Å². The van der Waals surface area contributed by atoms with Crippen LogP contribution in [0.15, 0.2) is 60.7 Å². The molecule has 0 spiro atoms. The van der Waals surface area contributed by atoms with Crippen LogP contribution < -0.4 is 24.8 Å². The van der Waals surface area contributed by atoms with Gasteiger partial charge in [-0.05, 0) is 18.2 Å². The SMILES string of the molecule is COc1ccc(NC(=O)NCCOc2ccc(-c3ccccc3)nn2)c(OC)c1. The first-order valence-electron chi connectivity index (χ1n) is 8.98. The number of anilines is 1. The monoisotopic (exact) mass is 394 g/mol. The van der Waals surface area contributed by atoms with Gasteiger partial charge in [0.25, 0.3) is 0 Å². The minimum Gasteiger partial charge on any atom is -0.497 e. The number of nitrogens with one attached hydrogen (secondary N) is 2. The van der Waals surface area contributed by atoms with Gasteiger partial charge >= 0.3 is 6.03 Å². The number of hydrogen-bond acceptors (Lipinski definition) is 6. The summed E-state index contributed by atoms with van der Waals surface area (Å²) in [5.41, 5.74) is 2.29. The highest BCUT2D eigenvalue weighted by Gasteiger charge is 2.08. The predicted molar refractivity (Wildman–Crippen MR) is 110 cm³/mol. The van der Waals surface area contributed by atoms with E-state index in [1.165, 1.54) is 7.11 Å². The summed E-state index contributed by atoms with van der Waals surface area (Å²) in [6, 6.07) is 18.1. The Morgan fingerprint density at radius 1 is 0.966 bits per heavy atom. The third kappa shape index (κ3) is 5.58. The van der Waals surface area contributed by atoms with Crippen molar-refractivity contribution in [2.45, 2.75) is 0 Å². The summed E-state index contributed by atoms with van der Waals surface area (Å²) < 4.78 is 15.9. The van der Waals surface area contributed by atoms with Crippen LogP contribution in [0, 0.1) is 0 Å². The van der Waals surface area contributed by atoms with Crippen molar-refractivity contribution in [3.05, 3.63) is 60.7 Å². The molecule has 0 unspecified atom stereocenters. The van der Waals surface area contributed by atoms with E-state index in [0.717, 1.165) is 11.3 Å². The Morgan fingerprint density at radius 2 is 1.79 bits per heavy atom. The third-order valence-electron chi connectivity index (χ3n) is 4.00. The van der Waals surface area contributed by atoms with Gasteiger partial charge in [-0.25, -0.2) is 4.79 Å². The second-order valence-corrected chi connectivity index (χ2v) is 5.92. The number of urea groups is 1. The normalized spacial score (nSPS) is 10.1. The fourth-order valence-corrected chi connectivity index (χ4v) is 2.55. The second-order valence-electron chi connectivity index (χ2n) is 5.92. The molecule has 29 heavy (non-hydrogen) atoms. The molecule has 0 aliphatic heterocycles. The predicted octanol–water partition coefficient (Wildman–Crippen LogP) is 3.36. The van der Waals surface area contributed by atoms with Gasteiger partial charge in [0.2, 0.25) is 5.88 Å². The van der Waals surface area contributed by atoms with Crippen LogP contribution in [0.3, 0.4) is 0 Å². The zero-order valence-corrected chi connectivity index (χ0v) is 16.2. The van der Waals surface area contributed by atoms with Gasteiger partial charge in [0, 0.05) is 17.7 Å². The van der Waals surface area contributed by atoms with E-state index in [9.17, 15) is 4.79 Å². The molecule has 1 aromatic heterocycles. The Labute approximate surface area is 168 Å². The molecule has 150 valence electrons. The van der Waals surface area contributed by atoms with Crippen LogP contribution in [0.5, 0.6) is 17.4 Å². The molecular weight excluding hydrogens is 372 g/mol. The fraction of sp³-hybridized carbons (Fsp3) is 0.190. The number of benzene rings is 2. The van der Waals surface area contributed by atoms with Crippen LogP contribution in [0.1, 0.15) is 0 Å². The summed E-state index contributed by atoms with van der Waals surface area (Å²) >= 11 is 0.